The van der Waals surface area contributed by atoms with Gasteiger partial charge < -0.3 is 4.42 Å². The number of rotatable bonds is 3. The molecular weight excluding hydrogens is 304 g/mol. The molecule has 1 heterocycles. The van der Waals surface area contributed by atoms with Crippen molar-refractivity contribution < 1.29 is 9.21 Å². The van der Waals surface area contributed by atoms with Gasteiger partial charge >= 0.3 is 0 Å². The largest absolute Gasteiger partial charge is 0.417 e. The molecule has 0 saturated heterocycles. The monoisotopic (exact) mass is 318 g/mol. The van der Waals surface area contributed by atoms with Crippen LogP contribution in [0.3, 0.4) is 0 Å². The lowest BCUT2D eigenvalue weighted by Gasteiger charge is -2.13. The minimum absolute atomic E-state index is 0.0446. The molecule has 0 spiro atoms. The third-order valence-electron chi connectivity index (χ3n) is 3.47. The van der Waals surface area contributed by atoms with Gasteiger partial charge in [-0.15, -0.1) is 0 Å². The summed E-state index contributed by atoms with van der Waals surface area (Å²) in [5, 5.41) is 10.1. The molecule has 6 nitrogen and oxygen atoms in total. The van der Waals surface area contributed by atoms with Crippen molar-refractivity contribution in [2.45, 2.75) is 6.92 Å². The molecule has 0 aliphatic carbocycles. The zero-order valence-electron chi connectivity index (χ0n) is 12.9. The summed E-state index contributed by atoms with van der Waals surface area (Å²) in [6.45, 7) is 1.92. The molecule has 118 valence electrons. The predicted molar refractivity (Wildman–Crippen MR) is 88.8 cm³/mol. The molecule has 6 heteroatoms. The van der Waals surface area contributed by atoms with Gasteiger partial charge in [0.2, 0.25) is 11.6 Å². The first kappa shape index (κ1) is 15.5. The molecule has 24 heavy (non-hydrogen) atoms. The van der Waals surface area contributed by atoms with E-state index in [0.717, 1.165) is 10.6 Å². The van der Waals surface area contributed by atoms with Crippen LogP contribution in [0.25, 0.3) is 11.5 Å². The van der Waals surface area contributed by atoms with Crippen molar-refractivity contribution in [3.8, 4) is 17.5 Å². The Morgan fingerprint density at radius 2 is 1.83 bits per heavy atom. The van der Waals surface area contributed by atoms with E-state index in [0.29, 0.717) is 11.1 Å². The quantitative estimate of drug-likeness (QED) is 0.455. The first-order valence-corrected chi connectivity index (χ1v) is 7.22. The molecule has 0 saturated carbocycles. The number of aromatic nitrogens is 1. The molecule has 0 radical (unpaired) electrons. The fourth-order valence-electron chi connectivity index (χ4n) is 2.18. The van der Waals surface area contributed by atoms with Crippen molar-refractivity contribution in [2.75, 3.05) is 5.01 Å². The topological polar surface area (TPSA) is 96.2 Å². The Balaban J connectivity index is 1.96. The van der Waals surface area contributed by atoms with Crippen molar-refractivity contribution in [1.82, 2.24) is 4.98 Å². The molecule has 0 fully saturated rings. The number of oxazole rings is 1. The van der Waals surface area contributed by atoms with E-state index >= 15 is 0 Å². The first-order chi connectivity index (χ1) is 11.6. The molecule has 3 aromatic rings. The van der Waals surface area contributed by atoms with E-state index in [-0.39, 0.29) is 17.5 Å². The zero-order valence-corrected chi connectivity index (χ0v) is 12.9. The highest BCUT2D eigenvalue weighted by Crippen LogP contribution is 2.27. The van der Waals surface area contributed by atoms with E-state index in [2.05, 4.69) is 4.98 Å². The minimum atomic E-state index is -0.484. The minimum Gasteiger partial charge on any atom is -0.417 e. The van der Waals surface area contributed by atoms with Crippen LogP contribution >= 0.6 is 0 Å². The summed E-state index contributed by atoms with van der Waals surface area (Å²) < 4.78 is 5.57. The average Bonchev–Trinajstić information content (AvgIpc) is 3.06. The zero-order chi connectivity index (χ0) is 17.1. The number of hydrogen-bond donors (Lipinski definition) is 1. The summed E-state index contributed by atoms with van der Waals surface area (Å²) in [6.07, 6.45) is 0. The third kappa shape index (κ3) is 2.89. The van der Waals surface area contributed by atoms with Gasteiger partial charge in [0.15, 0.2) is 0 Å². The molecule has 0 aliphatic rings. The number of carbonyl (C=O) groups is 1. The van der Waals surface area contributed by atoms with Crippen LogP contribution in [0.5, 0.6) is 0 Å². The van der Waals surface area contributed by atoms with Crippen LogP contribution in [0.1, 0.15) is 21.6 Å². The molecular formula is C18H14N4O2. The molecule has 2 aromatic carbocycles. The number of aryl methyl sites for hydroxylation is 1. The second kappa shape index (κ2) is 6.36. The van der Waals surface area contributed by atoms with Gasteiger partial charge in [0.05, 0.1) is 0 Å². The molecule has 1 amide bonds. The number of anilines is 1. The van der Waals surface area contributed by atoms with Crippen molar-refractivity contribution in [2.24, 2.45) is 5.84 Å². The van der Waals surface area contributed by atoms with Crippen molar-refractivity contribution in [3.05, 3.63) is 71.4 Å². The summed E-state index contributed by atoms with van der Waals surface area (Å²) in [6, 6.07) is 17.9. The van der Waals surface area contributed by atoms with Gasteiger partial charge in [-0.3, -0.25) is 4.79 Å². The Morgan fingerprint density at radius 1 is 1.17 bits per heavy atom. The summed E-state index contributed by atoms with van der Waals surface area (Å²) >= 11 is 0. The lowest BCUT2D eigenvalue weighted by atomic mass is 10.1. The maximum atomic E-state index is 12.5. The maximum Gasteiger partial charge on any atom is 0.275 e. The van der Waals surface area contributed by atoms with Crippen LogP contribution in [0.15, 0.2) is 59.0 Å². The number of nitrogens with zero attached hydrogens (tertiary/aromatic N) is 3. The molecule has 0 bridgehead atoms. The molecule has 2 N–H and O–H groups in total. The van der Waals surface area contributed by atoms with E-state index in [1.165, 1.54) is 0 Å². The number of carbonyl (C=O) groups excluding carboxylic acids is 1. The van der Waals surface area contributed by atoms with Gasteiger partial charge in [-0.2, -0.15) is 10.2 Å². The van der Waals surface area contributed by atoms with Crippen LogP contribution in [-0.4, -0.2) is 10.9 Å². The first-order valence-electron chi connectivity index (χ1n) is 7.22. The lowest BCUT2D eigenvalue weighted by Crippen LogP contribution is -2.37. The van der Waals surface area contributed by atoms with Crippen LogP contribution in [-0.2, 0) is 0 Å². The smallest absolute Gasteiger partial charge is 0.275 e. The standard InChI is InChI=1S/C18H14N4O2/c1-12-7-9-14(10-8-12)17(23)22(20)18-15(11-19)21-16(24-18)13-5-3-2-4-6-13/h2-10H,20H2,1H3. The van der Waals surface area contributed by atoms with Gasteiger partial charge in [-0.1, -0.05) is 35.9 Å². The van der Waals surface area contributed by atoms with Gasteiger partial charge in [-0.05, 0) is 31.2 Å². The molecule has 1 aromatic heterocycles. The van der Waals surface area contributed by atoms with Crippen LogP contribution in [0, 0.1) is 18.3 Å². The summed E-state index contributed by atoms with van der Waals surface area (Å²) in [5.74, 6) is 5.54. The Labute approximate surface area is 138 Å². The SMILES string of the molecule is Cc1ccc(C(=O)N(N)c2oc(-c3ccccc3)nc2C#N)cc1. The van der Waals surface area contributed by atoms with Crippen LogP contribution in [0.2, 0.25) is 0 Å². The van der Waals surface area contributed by atoms with E-state index in [1.807, 2.05) is 43.3 Å². The van der Waals surface area contributed by atoms with Gasteiger partial charge in [0.25, 0.3) is 11.8 Å². The molecule has 3 rings (SSSR count). The fourth-order valence-corrected chi connectivity index (χ4v) is 2.18. The van der Waals surface area contributed by atoms with E-state index in [1.54, 1.807) is 24.3 Å². The summed E-state index contributed by atoms with van der Waals surface area (Å²) in [7, 11) is 0. The highest BCUT2D eigenvalue weighted by molar-refractivity contribution is 6.05. The number of amides is 1. The highest BCUT2D eigenvalue weighted by Gasteiger charge is 2.24. The van der Waals surface area contributed by atoms with Crippen molar-refractivity contribution in [3.63, 3.8) is 0 Å². The molecule has 0 unspecified atom stereocenters. The highest BCUT2D eigenvalue weighted by atomic mass is 16.4. The third-order valence-corrected chi connectivity index (χ3v) is 3.47. The van der Waals surface area contributed by atoms with Crippen LogP contribution < -0.4 is 10.9 Å². The second-order valence-electron chi connectivity index (χ2n) is 5.19. The number of benzene rings is 2. The number of hydrazine groups is 1. The molecule has 0 atom stereocenters. The Morgan fingerprint density at radius 3 is 2.46 bits per heavy atom. The predicted octanol–water partition coefficient (Wildman–Crippen LogP) is 3.04. The summed E-state index contributed by atoms with van der Waals surface area (Å²) in [4.78, 5) is 16.6. The van der Waals surface area contributed by atoms with Crippen molar-refractivity contribution >= 4 is 11.8 Å². The number of nitriles is 1. The number of hydrogen-bond acceptors (Lipinski definition) is 5. The van der Waals surface area contributed by atoms with Crippen LogP contribution in [0.4, 0.5) is 5.88 Å². The van der Waals surface area contributed by atoms with Gasteiger partial charge in [-0.25, -0.2) is 10.9 Å². The van der Waals surface area contributed by atoms with Gasteiger partial charge in [0, 0.05) is 11.1 Å². The van der Waals surface area contributed by atoms with Crippen molar-refractivity contribution in [1.29, 1.82) is 5.26 Å². The summed E-state index contributed by atoms with van der Waals surface area (Å²) in [5.41, 5.74) is 2.07. The van der Waals surface area contributed by atoms with E-state index in [9.17, 15) is 10.1 Å². The van der Waals surface area contributed by atoms with E-state index in [4.69, 9.17) is 10.3 Å². The average molecular weight is 318 g/mol. The Bertz CT molecular complexity index is 908. The molecule has 0 aliphatic heterocycles. The number of nitrogens with two attached hydrogens (primary N) is 1. The second-order valence-corrected chi connectivity index (χ2v) is 5.19. The fraction of sp³-hybridized carbons (Fsp3) is 0.0556. The normalized spacial score (nSPS) is 10.2. The Hall–Kier alpha value is -3.43. The maximum absolute atomic E-state index is 12.5. The van der Waals surface area contributed by atoms with E-state index < -0.39 is 5.91 Å². The van der Waals surface area contributed by atoms with Gasteiger partial charge in [0.1, 0.15) is 6.07 Å². The Kier molecular flexibility index (Phi) is 4.10. The lowest BCUT2D eigenvalue weighted by molar-refractivity contribution is 0.0982.